The van der Waals surface area contributed by atoms with Crippen molar-refractivity contribution in [2.75, 3.05) is 27.2 Å². The van der Waals surface area contributed by atoms with Gasteiger partial charge in [0.15, 0.2) is 0 Å². The molecule has 0 fully saturated rings. The molecule has 2 aliphatic heterocycles. The summed E-state index contributed by atoms with van der Waals surface area (Å²) in [6.45, 7) is 0.612. The molecule has 0 aromatic carbocycles. The zero-order chi connectivity index (χ0) is 11.2. The summed E-state index contributed by atoms with van der Waals surface area (Å²) in [6, 6.07) is 0. The first-order valence-electron chi connectivity index (χ1n) is 4.64. The molecule has 0 aromatic heterocycles. The van der Waals surface area contributed by atoms with Gasteiger partial charge in [-0.1, -0.05) is 0 Å². The first kappa shape index (κ1) is 9.76. The van der Waals surface area contributed by atoms with Crippen LogP contribution in [0.15, 0.2) is 23.0 Å². The Labute approximate surface area is 87.3 Å². The van der Waals surface area contributed by atoms with Crippen molar-refractivity contribution in [2.24, 2.45) is 0 Å². The van der Waals surface area contributed by atoms with Gasteiger partial charge in [-0.15, -0.1) is 0 Å². The Morgan fingerprint density at radius 3 is 2.27 bits per heavy atom. The van der Waals surface area contributed by atoms with Gasteiger partial charge in [0.2, 0.25) is 5.91 Å². The smallest absolute Gasteiger partial charge is 0.257 e. The number of carbonyl (C=O) groups is 2. The Morgan fingerprint density at radius 2 is 1.87 bits per heavy atom. The van der Waals surface area contributed by atoms with Crippen molar-refractivity contribution in [1.29, 1.82) is 0 Å². The van der Waals surface area contributed by atoms with Crippen molar-refractivity contribution in [3.63, 3.8) is 0 Å². The standard InChI is InChI=1S/C10H12N2O3/c1-11-4-6(3-8(11)14)9-7(13)5-12(2)10(9)15/h3,13H,4-5H2,1-2H3. The molecule has 0 aliphatic carbocycles. The van der Waals surface area contributed by atoms with Crippen LogP contribution in [0.2, 0.25) is 0 Å². The Morgan fingerprint density at radius 1 is 1.20 bits per heavy atom. The van der Waals surface area contributed by atoms with E-state index in [0.717, 1.165) is 0 Å². The van der Waals surface area contributed by atoms with E-state index in [4.69, 9.17) is 0 Å². The molecule has 0 saturated carbocycles. The predicted octanol–water partition coefficient (Wildman–Crippen LogP) is -0.331. The lowest BCUT2D eigenvalue weighted by Crippen LogP contribution is -2.24. The fourth-order valence-corrected chi connectivity index (χ4v) is 1.80. The highest BCUT2D eigenvalue weighted by Gasteiger charge is 2.33. The summed E-state index contributed by atoms with van der Waals surface area (Å²) in [6.07, 6.45) is 1.41. The van der Waals surface area contributed by atoms with Crippen molar-refractivity contribution in [2.45, 2.75) is 0 Å². The van der Waals surface area contributed by atoms with Gasteiger partial charge in [-0.25, -0.2) is 0 Å². The lowest BCUT2D eigenvalue weighted by molar-refractivity contribution is -0.124. The average molecular weight is 208 g/mol. The second kappa shape index (κ2) is 3.12. The SMILES string of the molecule is CN1CC(C2=C(O)CN(C)C2=O)=CC1=O. The Hall–Kier alpha value is -1.78. The summed E-state index contributed by atoms with van der Waals surface area (Å²) in [5.74, 6) is -0.300. The van der Waals surface area contributed by atoms with Gasteiger partial charge in [0.25, 0.3) is 5.91 Å². The predicted molar refractivity (Wildman–Crippen MR) is 53.0 cm³/mol. The topological polar surface area (TPSA) is 60.9 Å². The van der Waals surface area contributed by atoms with Gasteiger partial charge >= 0.3 is 0 Å². The van der Waals surface area contributed by atoms with Crippen molar-refractivity contribution >= 4 is 11.8 Å². The van der Waals surface area contributed by atoms with Crippen LogP contribution in [0.25, 0.3) is 0 Å². The van der Waals surface area contributed by atoms with Crippen LogP contribution >= 0.6 is 0 Å². The summed E-state index contributed by atoms with van der Waals surface area (Å²) >= 11 is 0. The van der Waals surface area contributed by atoms with Gasteiger partial charge in [0.05, 0.1) is 12.1 Å². The summed E-state index contributed by atoms with van der Waals surface area (Å²) in [5, 5.41) is 9.61. The molecule has 15 heavy (non-hydrogen) atoms. The van der Waals surface area contributed by atoms with E-state index in [1.807, 2.05) is 0 Å². The Bertz CT molecular complexity index is 409. The van der Waals surface area contributed by atoms with Crippen LogP contribution in [-0.4, -0.2) is 53.9 Å². The Balaban J connectivity index is 2.34. The van der Waals surface area contributed by atoms with Crippen molar-refractivity contribution in [3.8, 4) is 0 Å². The average Bonchev–Trinajstić information content (AvgIpc) is 2.57. The number of aliphatic hydroxyl groups excluding tert-OH is 1. The number of carbonyl (C=O) groups excluding carboxylic acids is 2. The number of nitrogens with zero attached hydrogens (tertiary/aromatic N) is 2. The minimum absolute atomic E-state index is 0.0526. The third kappa shape index (κ3) is 1.40. The zero-order valence-electron chi connectivity index (χ0n) is 8.65. The van der Waals surface area contributed by atoms with Crippen molar-refractivity contribution in [3.05, 3.63) is 23.0 Å². The summed E-state index contributed by atoms with van der Waals surface area (Å²) in [4.78, 5) is 25.8. The zero-order valence-corrected chi connectivity index (χ0v) is 8.65. The quantitative estimate of drug-likeness (QED) is 0.641. The maximum Gasteiger partial charge on any atom is 0.257 e. The highest BCUT2D eigenvalue weighted by atomic mass is 16.3. The van der Waals surface area contributed by atoms with Gasteiger partial charge in [-0.2, -0.15) is 0 Å². The summed E-state index contributed by atoms with van der Waals surface area (Å²) < 4.78 is 0. The first-order chi connectivity index (χ1) is 7.00. The van der Waals surface area contributed by atoms with Crippen LogP contribution in [0.3, 0.4) is 0 Å². The van der Waals surface area contributed by atoms with Gasteiger partial charge in [-0.05, 0) is 5.57 Å². The lowest BCUT2D eigenvalue weighted by atomic mass is 10.1. The summed E-state index contributed by atoms with van der Waals surface area (Å²) in [7, 11) is 3.28. The maximum atomic E-state index is 11.7. The van der Waals surface area contributed by atoms with E-state index in [-0.39, 0.29) is 29.7 Å². The van der Waals surface area contributed by atoms with E-state index in [0.29, 0.717) is 12.1 Å². The number of likely N-dealkylation sites (N-methyl/N-ethyl adjacent to an activating group) is 2. The lowest BCUT2D eigenvalue weighted by Gasteiger charge is -2.10. The fourth-order valence-electron chi connectivity index (χ4n) is 1.80. The molecule has 80 valence electrons. The molecule has 2 rings (SSSR count). The van der Waals surface area contributed by atoms with Gasteiger partial charge in [0.1, 0.15) is 5.76 Å². The highest BCUT2D eigenvalue weighted by Crippen LogP contribution is 2.26. The third-order valence-corrected chi connectivity index (χ3v) is 2.64. The van der Waals surface area contributed by atoms with Gasteiger partial charge < -0.3 is 14.9 Å². The summed E-state index contributed by atoms with van der Waals surface area (Å²) in [5.41, 5.74) is 0.893. The van der Waals surface area contributed by atoms with Gasteiger partial charge in [-0.3, -0.25) is 9.59 Å². The van der Waals surface area contributed by atoms with Crippen molar-refractivity contribution < 1.29 is 14.7 Å². The molecular weight excluding hydrogens is 196 g/mol. The third-order valence-electron chi connectivity index (χ3n) is 2.64. The number of aliphatic hydroxyl groups is 1. The molecule has 5 heteroatoms. The van der Waals surface area contributed by atoms with Gasteiger partial charge in [0, 0.05) is 26.7 Å². The van der Waals surface area contributed by atoms with Crippen molar-refractivity contribution in [1.82, 2.24) is 9.80 Å². The molecule has 2 amide bonds. The minimum Gasteiger partial charge on any atom is -0.510 e. The normalized spacial score (nSPS) is 21.9. The van der Waals surface area contributed by atoms with Crippen LogP contribution in [0.1, 0.15) is 0 Å². The van der Waals surface area contributed by atoms with Crippen LogP contribution in [0, 0.1) is 0 Å². The van der Waals surface area contributed by atoms with E-state index in [9.17, 15) is 14.7 Å². The second-order valence-corrected chi connectivity index (χ2v) is 3.85. The molecule has 0 bridgehead atoms. The first-order valence-corrected chi connectivity index (χ1v) is 4.64. The molecule has 2 heterocycles. The van der Waals surface area contributed by atoms with E-state index in [2.05, 4.69) is 0 Å². The maximum absolute atomic E-state index is 11.7. The fraction of sp³-hybridized carbons (Fsp3) is 0.400. The van der Waals surface area contributed by atoms with Crippen LogP contribution in [0.5, 0.6) is 0 Å². The molecule has 5 nitrogen and oxygen atoms in total. The molecule has 0 saturated heterocycles. The number of amides is 2. The second-order valence-electron chi connectivity index (χ2n) is 3.85. The highest BCUT2D eigenvalue weighted by molar-refractivity contribution is 6.04. The van der Waals surface area contributed by atoms with Crippen LogP contribution in [-0.2, 0) is 9.59 Å². The minimum atomic E-state index is -0.221. The molecule has 0 radical (unpaired) electrons. The molecule has 0 spiro atoms. The largest absolute Gasteiger partial charge is 0.510 e. The number of hydrogen-bond donors (Lipinski definition) is 1. The number of rotatable bonds is 1. The molecular formula is C10H12N2O3. The monoisotopic (exact) mass is 208 g/mol. The molecule has 1 N–H and O–H groups in total. The molecule has 2 aliphatic rings. The molecule has 0 unspecified atom stereocenters. The van der Waals surface area contributed by atoms with Crippen LogP contribution < -0.4 is 0 Å². The van der Waals surface area contributed by atoms with E-state index in [1.165, 1.54) is 15.9 Å². The van der Waals surface area contributed by atoms with E-state index >= 15 is 0 Å². The molecule has 0 aromatic rings. The van der Waals surface area contributed by atoms with Crippen LogP contribution in [0.4, 0.5) is 0 Å². The Kier molecular flexibility index (Phi) is 2.03. The molecule has 0 atom stereocenters. The van der Waals surface area contributed by atoms with E-state index < -0.39 is 0 Å². The van der Waals surface area contributed by atoms with E-state index in [1.54, 1.807) is 14.1 Å². The number of hydrogen-bond acceptors (Lipinski definition) is 3.